The quantitative estimate of drug-likeness (QED) is 0.417. The van der Waals surface area contributed by atoms with Crippen LogP contribution in [0.15, 0.2) is 66.7 Å². The zero-order chi connectivity index (χ0) is 18.4. The second kappa shape index (κ2) is 8.85. The summed E-state index contributed by atoms with van der Waals surface area (Å²) in [5, 5.41) is 0. The third-order valence-electron chi connectivity index (χ3n) is 5.18. The van der Waals surface area contributed by atoms with Gasteiger partial charge in [0.1, 0.15) is 0 Å². The largest absolute Gasteiger partial charge is 0.0651 e. The maximum Gasteiger partial charge on any atom is -0.0117 e. The Hall–Kier alpha value is -2.34. The van der Waals surface area contributed by atoms with Crippen molar-refractivity contribution in [2.45, 2.75) is 52.9 Å². The van der Waals surface area contributed by atoms with Crippen molar-refractivity contribution in [2.24, 2.45) is 0 Å². The lowest BCUT2D eigenvalue weighted by Gasteiger charge is -2.19. The highest BCUT2D eigenvalue weighted by atomic mass is 14.2. The Bertz CT molecular complexity index is 826. The molecule has 0 nitrogen and oxygen atoms in total. The van der Waals surface area contributed by atoms with E-state index in [1.807, 2.05) is 0 Å². The molecule has 0 unspecified atom stereocenters. The summed E-state index contributed by atoms with van der Waals surface area (Å²) in [5.41, 5.74) is 10.0. The van der Waals surface area contributed by atoms with Gasteiger partial charge in [0.05, 0.1) is 0 Å². The molecule has 0 aliphatic rings. The van der Waals surface area contributed by atoms with Crippen LogP contribution in [0, 0.1) is 0 Å². The Morgan fingerprint density at radius 2 is 1.12 bits per heavy atom. The average Bonchev–Trinajstić information content (AvgIpc) is 2.70. The van der Waals surface area contributed by atoms with Gasteiger partial charge in [-0.05, 0) is 58.2 Å². The van der Waals surface area contributed by atoms with E-state index in [0.29, 0.717) is 0 Å². The Morgan fingerprint density at radius 1 is 0.538 bits per heavy atom. The first kappa shape index (κ1) is 18.5. The number of benzene rings is 3. The van der Waals surface area contributed by atoms with Crippen LogP contribution in [-0.2, 0) is 19.3 Å². The van der Waals surface area contributed by atoms with Crippen LogP contribution in [0.3, 0.4) is 0 Å². The van der Waals surface area contributed by atoms with Gasteiger partial charge >= 0.3 is 0 Å². The fourth-order valence-electron chi connectivity index (χ4n) is 3.90. The maximum atomic E-state index is 2.36. The van der Waals surface area contributed by atoms with Crippen LogP contribution in [0.25, 0.3) is 22.3 Å². The number of rotatable bonds is 7. The molecule has 0 heterocycles. The van der Waals surface area contributed by atoms with Gasteiger partial charge < -0.3 is 0 Å². The molecular formula is C26H30. The van der Waals surface area contributed by atoms with Gasteiger partial charge in [0.25, 0.3) is 0 Å². The van der Waals surface area contributed by atoms with Crippen molar-refractivity contribution in [2.75, 3.05) is 0 Å². The molecule has 0 aliphatic heterocycles. The van der Waals surface area contributed by atoms with Gasteiger partial charge in [0.2, 0.25) is 0 Å². The van der Waals surface area contributed by atoms with Gasteiger partial charge in [-0.2, -0.15) is 0 Å². The molecule has 0 bridgehead atoms. The van der Waals surface area contributed by atoms with Crippen LogP contribution in [-0.4, -0.2) is 0 Å². The first-order valence-corrected chi connectivity index (χ1v) is 10.1. The number of hydrogen-bond donors (Lipinski definition) is 0. The van der Waals surface area contributed by atoms with Crippen LogP contribution in [0.1, 0.15) is 50.3 Å². The molecule has 0 atom stereocenters. The minimum Gasteiger partial charge on any atom is -0.0651 e. The number of aryl methyl sites for hydroxylation is 2. The van der Waals surface area contributed by atoms with E-state index >= 15 is 0 Å². The van der Waals surface area contributed by atoms with E-state index in [1.165, 1.54) is 46.2 Å². The molecular weight excluding hydrogens is 312 g/mol. The lowest BCUT2D eigenvalue weighted by molar-refractivity contribution is 0.882. The molecule has 0 N–H and O–H groups in total. The molecule has 0 spiro atoms. The van der Waals surface area contributed by atoms with E-state index in [1.54, 1.807) is 5.56 Å². The normalized spacial score (nSPS) is 10.9. The lowest BCUT2D eigenvalue weighted by Crippen LogP contribution is -2.01. The first-order chi connectivity index (χ1) is 12.8. The van der Waals surface area contributed by atoms with Gasteiger partial charge in [0, 0.05) is 0 Å². The van der Waals surface area contributed by atoms with Crippen molar-refractivity contribution in [3.63, 3.8) is 0 Å². The lowest BCUT2D eigenvalue weighted by atomic mass is 9.86. The highest BCUT2D eigenvalue weighted by Gasteiger charge is 2.14. The molecule has 0 aliphatic carbocycles. The molecule has 0 saturated heterocycles. The topological polar surface area (TPSA) is 0 Å². The molecule has 3 aromatic rings. The molecule has 134 valence electrons. The van der Waals surface area contributed by atoms with Crippen LogP contribution in [0.4, 0.5) is 0 Å². The Kier molecular flexibility index (Phi) is 6.28. The van der Waals surface area contributed by atoms with Gasteiger partial charge in [-0.1, -0.05) is 100 Å². The maximum absolute atomic E-state index is 2.36. The molecule has 26 heavy (non-hydrogen) atoms. The standard InChI is InChI=1S/C26H30/c1-4-10-23-17-14-20(6-3)25(11-5-2)26(23)24-18-15-22(16-19-24)21-12-8-7-9-13-21/h7-9,12-19H,4-6,10-11H2,1-3H3. The van der Waals surface area contributed by atoms with E-state index in [-0.39, 0.29) is 0 Å². The minimum absolute atomic E-state index is 1.11. The fourth-order valence-corrected chi connectivity index (χ4v) is 3.90. The van der Waals surface area contributed by atoms with E-state index in [2.05, 4.69) is 87.5 Å². The second-order valence-corrected chi connectivity index (χ2v) is 7.03. The zero-order valence-electron chi connectivity index (χ0n) is 16.4. The zero-order valence-corrected chi connectivity index (χ0v) is 16.4. The summed E-state index contributed by atoms with van der Waals surface area (Å²) in [5.74, 6) is 0. The summed E-state index contributed by atoms with van der Waals surface area (Å²) in [6, 6.07) is 24.5. The second-order valence-electron chi connectivity index (χ2n) is 7.03. The van der Waals surface area contributed by atoms with Crippen molar-refractivity contribution in [1.82, 2.24) is 0 Å². The summed E-state index contributed by atoms with van der Waals surface area (Å²) in [6.07, 6.45) is 5.80. The summed E-state index contributed by atoms with van der Waals surface area (Å²) < 4.78 is 0. The molecule has 0 amide bonds. The summed E-state index contributed by atoms with van der Waals surface area (Å²) in [7, 11) is 0. The van der Waals surface area contributed by atoms with E-state index in [0.717, 1.165) is 19.3 Å². The van der Waals surface area contributed by atoms with Crippen molar-refractivity contribution < 1.29 is 0 Å². The Morgan fingerprint density at radius 3 is 1.73 bits per heavy atom. The van der Waals surface area contributed by atoms with E-state index in [9.17, 15) is 0 Å². The van der Waals surface area contributed by atoms with Crippen LogP contribution < -0.4 is 0 Å². The van der Waals surface area contributed by atoms with Crippen LogP contribution >= 0.6 is 0 Å². The molecule has 0 saturated carbocycles. The summed E-state index contributed by atoms with van der Waals surface area (Å²) in [4.78, 5) is 0. The van der Waals surface area contributed by atoms with Gasteiger partial charge in [0.15, 0.2) is 0 Å². The van der Waals surface area contributed by atoms with Crippen LogP contribution in [0.2, 0.25) is 0 Å². The smallest absolute Gasteiger partial charge is 0.0117 e. The van der Waals surface area contributed by atoms with E-state index < -0.39 is 0 Å². The monoisotopic (exact) mass is 342 g/mol. The van der Waals surface area contributed by atoms with Crippen LogP contribution in [0.5, 0.6) is 0 Å². The predicted molar refractivity (Wildman–Crippen MR) is 115 cm³/mol. The Balaban J connectivity index is 2.09. The molecule has 3 aromatic carbocycles. The third-order valence-corrected chi connectivity index (χ3v) is 5.18. The summed E-state index contributed by atoms with van der Waals surface area (Å²) in [6.45, 7) is 6.83. The fraction of sp³-hybridized carbons (Fsp3) is 0.308. The van der Waals surface area contributed by atoms with Gasteiger partial charge in [-0.15, -0.1) is 0 Å². The van der Waals surface area contributed by atoms with Crippen molar-refractivity contribution in [3.8, 4) is 22.3 Å². The molecule has 0 heteroatoms. The number of hydrogen-bond acceptors (Lipinski definition) is 0. The van der Waals surface area contributed by atoms with Crippen molar-refractivity contribution >= 4 is 0 Å². The summed E-state index contributed by atoms with van der Waals surface area (Å²) >= 11 is 0. The average molecular weight is 343 g/mol. The van der Waals surface area contributed by atoms with Gasteiger partial charge in [-0.25, -0.2) is 0 Å². The molecule has 3 rings (SSSR count). The molecule has 0 aromatic heterocycles. The molecule has 0 fully saturated rings. The van der Waals surface area contributed by atoms with Gasteiger partial charge in [-0.3, -0.25) is 0 Å². The third kappa shape index (κ3) is 3.90. The first-order valence-electron chi connectivity index (χ1n) is 10.1. The van der Waals surface area contributed by atoms with E-state index in [4.69, 9.17) is 0 Å². The van der Waals surface area contributed by atoms with Crippen molar-refractivity contribution in [1.29, 1.82) is 0 Å². The predicted octanol–water partition coefficient (Wildman–Crippen LogP) is 7.49. The Labute approximate surface area is 158 Å². The highest BCUT2D eigenvalue weighted by Crippen LogP contribution is 2.34. The van der Waals surface area contributed by atoms with Crippen molar-refractivity contribution in [3.05, 3.63) is 83.4 Å². The molecule has 0 radical (unpaired) electrons. The minimum atomic E-state index is 1.11. The SMILES string of the molecule is CCCc1ccc(CC)c(CCC)c1-c1ccc(-c2ccccc2)cc1. The highest BCUT2D eigenvalue weighted by molar-refractivity contribution is 5.75.